The summed E-state index contributed by atoms with van der Waals surface area (Å²) in [7, 11) is -4.82. The Morgan fingerprint density at radius 1 is 1.34 bits per heavy atom. The number of carbonyl (C=O) groups excluding carboxylic acids is 2. The lowest BCUT2D eigenvalue weighted by Gasteiger charge is -2.29. The number of fused-ring (bicyclic) bond motifs is 2. The molecule has 29 heavy (non-hydrogen) atoms. The summed E-state index contributed by atoms with van der Waals surface area (Å²) in [5.74, 6) is -0.479. The summed E-state index contributed by atoms with van der Waals surface area (Å²) in [5, 5.41) is 3.96. The van der Waals surface area contributed by atoms with Crippen LogP contribution in [-0.2, 0) is 29.1 Å². The molecule has 164 valence electrons. The van der Waals surface area contributed by atoms with Gasteiger partial charge in [-0.1, -0.05) is 0 Å². The first-order valence-electron chi connectivity index (χ1n) is 9.55. The van der Waals surface area contributed by atoms with Gasteiger partial charge in [-0.25, -0.2) is 10.3 Å². The fourth-order valence-corrected chi connectivity index (χ4v) is 4.69. The van der Waals surface area contributed by atoms with E-state index in [0.717, 1.165) is 26.1 Å². The van der Waals surface area contributed by atoms with Crippen LogP contribution in [0.1, 0.15) is 19.3 Å². The fourth-order valence-electron chi connectivity index (χ4n) is 4.30. The van der Waals surface area contributed by atoms with E-state index >= 15 is 0 Å². The van der Waals surface area contributed by atoms with Crippen LogP contribution < -0.4 is 10.8 Å². The quantitative estimate of drug-likeness (QED) is 0.304. The van der Waals surface area contributed by atoms with Crippen molar-refractivity contribution in [3.63, 3.8) is 0 Å². The van der Waals surface area contributed by atoms with Gasteiger partial charge in [-0.2, -0.15) is 13.5 Å². The molecule has 13 nitrogen and oxygen atoms in total. The first-order valence-corrected chi connectivity index (χ1v) is 10.9. The van der Waals surface area contributed by atoms with Crippen LogP contribution in [0.4, 0.5) is 4.79 Å². The molecule has 3 amide bonds. The van der Waals surface area contributed by atoms with Crippen molar-refractivity contribution in [1.82, 2.24) is 25.7 Å². The molecule has 0 unspecified atom stereocenters. The van der Waals surface area contributed by atoms with Crippen LogP contribution in [0.3, 0.4) is 0 Å². The molecule has 4 aliphatic rings. The van der Waals surface area contributed by atoms with Gasteiger partial charge in [-0.05, 0) is 19.3 Å². The summed E-state index contributed by atoms with van der Waals surface area (Å²) in [5.41, 5.74) is 2.39. The summed E-state index contributed by atoms with van der Waals surface area (Å²) >= 11 is 0. The highest BCUT2D eigenvalue weighted by Crippen LogP contribution is 2.30. The zero-order valence-electron chi connectivity index (χ0n) is 15.7. The molecule has 4 fully saturated rings. The zero-order chi connectivity index (χ0) is 20.6. The Kier molecular flexibility index (Phi) is 5.92. The van der Waals surface area contributed by atoms with Gasteiger partial charge in [0, 0.05) is 31.7 Å². The third-order valence-corrected chi connectivity index (χ3v) is 6.10. The summed E-state index contributed by atoms with van der Waals surface area (Å²) in [6, 6.07) is -1.63. The summed E-state index contributed by atoms with van der Waals surface area (Å²) < 4.78 is 40.4. The summed E-state index contributed by atoms with van der Waals surface area (Å²) in [4.78, 5) is 33.6. The maximum absolute atomic E-state index is 12.5. The fraction of sp³-hybridized carbons (Fsp3) is 0.867. The Balaban J connectivity index is 1.23. The van der Waals surface area contributed by atoms with Gasteiger partial charge in [0.1, 0.15) is 6.04 Å². The van der Waals surface area contributed by atoms with Crippen molar-refractivity contribution >= 4 is 22.3 Å². The van der Waals surface area contributed by atoms with Crippen LogP contribution in [0.15, 0.2) is 0 Å². The van der Waals surface area contributed by atoms with E-state index in [-0.39, 0.29) is 19.2 Å². The molecular formula is C15H25N5O8S. The minimum Gasteiger partial charge on any atom is -0.365 e. The predicted molar refractivity (Wildman–Crippen MR) is 95.2 cm³/mol. The first kappa shape index (κ1) is 20.7. The lowest BCUT2D eigenvalue weighted by molar-refractivity contribution is -0.139. The molecule has 4 saturated heterocycles. The van der Waals surface area contributed by atoms with E-state index in [2.05, 4.69) is 20.0 Å². The molecule has 4 aliphatic heterocycles. The van der Waals surface area contributed by atoms with E-state index < -0.39 is 34.4 Å². The van der Waals surface area contributed by atoms with Gasteiger partial charge in [0.25, 0.3) is 5.91 Å². The van der Waals surface area contributed by atoms with E-state index in [0.29, 0.717) is 30.7 Å². The van der Waals surface area contributed by atoms with Gasteiger partial charge >= 0.3 is 16.4 Å². The van der Waals surface area contributed by atoms with Gasteiger partial charge in [0.15, 0.2) is 0 Å². The number of nitrogens with zero attached hydrogens (tertiary/aromatic N) is 3. The van der Waals surface area contributed by atoms with Gasteiger partial charge < -0.3 is 15.0 Å². The molecule has 0 spiro atoms. The molecule has 4 heterocycles. The number of amides is 3. The second kappa shape index (κ2) is 8.29. The number of rotatable bonds is 7. The Labute approximate surface area is 168 Å². The number of hydrogen-bond donors (Lipinski definition) is 3. The lowest BCUT2D eigenvalue weighted by Crippen LogP contribution is -2.50. The molecule has 0 radical (unpaired) electrons. The number of urea groups is 1. The Hall–Kier alpha value is -1.55. The molecule has 0 aromatic heterocycles. The van der Waals surface area contributed by atoms with Gasteiger partial charge in [-0.15, -0.1) is 4.28 Å². The third kappa shape index (κ3) is 4.63. The molecule has 3 N–H and O–H groups in total. The number of carbonyl (C=O) groups is 2. The van der Waals surface area contributed by atoms with Crippen molar-refractivity contribution in [2.45, 2.75) is 43.4 Å². The number of piperidine rings is 1. The maximum Gasteiger partial charge on any atom is 0.418 e. The number of hydroxylamine groups is 3. The van der Waals surface area contributed by atoms with Crippen molar-refractivity contribution in [3.8, 4) is 0 Å². The van der Waals surface area contributed by atoms with Gasteiger partial charge in [-0.3, -0.25) is 19.1 Å². The Morgan fingerprint density at radius 2 is 2.17 bits per heavy atom. The van der Waals surface area contributed by atoms with E-state index in [1.807, 2.05) is 0 Å². The van der Waals surface area contributed by atoms with E-state index in [4.69, 9.17) is 14.1 Å². The van der Waals surface area contributed by atoms with Crippen LogP contribution in [0, 0.1) is 0 Å². The van der Waals surface area contributed by atoms with Crippen LogP contribution in [-0.4, -0.2) is 104 Å². The molecule has 4 atom stereocenters. The van der Waals surface area contributed by atoms with Crippen molar-refractivity contribution in [2.24, 2.45) is 0 Å². The molecule has 14 heteroatoms. The van der Waals surface area contributed by atoms with E-state index in [1.54, 1.807) is 0 Å². The van der Waals surface area contributed by atoms with Crippen molar-refractivity contribution in [3.05, 3.63) is 0 Å². The molecule has 0 aromatic rings. The monoisotopic (exact) mass is 435 g/mol. The van der Waals surface area contributed by atoms with Crippen LogP contribution in [0.5, 0.6) is 0 Å². The zero-order valence-corrected chi connectivity index (χ0v) is 16.5. The Morgan fingerprint density at radius 3 is 2.90 bits per heavy atom. The number of nitrogens with one attached hydrogen (secondary N) is 2. The second-order valence-electron chi connectivity index (χ2n) is 7.63. The molecule has 4 rings (SSSR count). The molecular weight excluding hydrogens is 410 g/mol. The van der Waals surface area contributed by atoms with Gasteiger partial charge in [0.05, 0.1) is 26.0 Å². The standard InChI is InChI=1S/C15H25N5O8S/c21-14(17-27-8-10-5-12(6-16-10)18-3-4-26-9-18)13-2-1-11-7-19(13)15(22)20(11)28-29(23,24)25/h10-13,16H,1-9H2,(H,17,21)(H,23,24,25)/t10-,11-,12-,13+/m1/s1. The van der Waals surface area contributed by atoms with Crippen molar-refractivity contribution in [2.75, 3.05) is 39.6 Å². The van der Waals surface area contributed by atoms with Crippen LogP contribution in [0.25, 0.3) is 0 Å². The molecule has 0 saturated carbocycles. The largest absolute Gasteiger partial charge is 0.418 e. The number of hydrogen-bond acceptors (Lipinski definition) is 9. The van der Waals surface area contributed by atoms with Crippen molar-refractivity contribution < 1.29 is 36.4 Å². The highest BCUT2D eigenvalue weighted by molar-refractivity contribution is 7.80. The topological polar surface area (TPSA) is 150 Å². The Bertz CT molecular complexity index is 745. The highest BCUT2D eigenvalue weighted by atomic mass is 32.3. The smallest absolute Gasteiger partial charge is 0.365 e. The number of ether oxygens (including phenoxy) is 1. The SMILES string of the molecule is O=C(NOC[C@H]1C[C@@H](N2CCOC2)CN1)[C@@H]1CC[C@@H]2CN1C(=O)N2OS(=O)(=O)O. The average Bonchev–Trinajstić information content (AvgIpc) is 3.39. The predicted octanol–water partition coefficient (Wildman–Crippen LogP) is -1.94. The third-order valence-electron chi connectivity index (χ3n) is 5.75. The molecule has 0 aromatic carbocycles. The van der Waals surface area contributed by atoms with E-state index in [1.165, 1.54) is 4.90 Å². The average molecular weight is 435 g/mol. The molecule has 0 aliphatic carbocycles. The normalized spacial score (nSPS) is 32.9. The van der Waals surface area contributed by atoms with Crippen LogP contribution in [0.2, 0.25) is 0 Å². The minimum absolute atomic E-state index is 0.101. The second-order valence-corrected chi connectivity index (χ2v) is 8.64. The first-order chi connectivity index (χ1) is 13.8. The van der Waals surface area contributed by atoms with E-state index in [9.17, 15) is 18.0 Å². The van der Waals surface area contributed by atoms with Crippen LogP contribution >= 0.6 is 0 Å². The maximum atomic E-state index is 12.5. The highest BCUT2D eigenvalue weighted by Gasteiger charge is 2.49. The lowest BCUT2D eigenvalue weighted by atomic mass is 10.0. The van der Waals surface area contributed by atoms with Crippen molar-refractivity contribution in [1.29, 1.82) is 0 Å². The summed E-state index contributed by atoms with van der Waals surface area (Å²) in [6.07, 6.45) is 1.58. The van der Waals surface area contributed by atoms with Gasteiger partial charge in [0.2, 0.25) is 0 Å². The summed E-state index contributed by atoms with van der Waals surface area (Å²) in [6.45, 7) is 3.57. The minimum atomic E-state index is -4.82. The molecule has 2 bridgehead atoms.